The summed E-state index contributed by atoms with van der Waals surface area (Å²) in [6.07, 6.45) is 1.04. The van der Waals surface area contributed by atoms with Crippen LogP contribution in [0.25, 0.3) is 22.2 Å². The van der Waals surface area contributed by atoms with Crippen molar-refractivity contribution in [1.82, 2.24) is 31.3 Å². The molecule has 2 atom stereocenters. The molecule has 2 heterocycles. The molecule has 0 aliphatic carbocycles. The summed E-state index contributed by atoms with van der Waals surface area (Å²) in [5.41, 5.74) is 2.82. The first-order chi connectivity index (χ1) is 17.5. The molecule has 182 valence electrons. The lowest BCUT2D eigenvalue weighted by atomic mass is 9.98. The van der Waals surface area contributed by atoms with E-state index in [4.69, 9.17) is 0 Å². The number of fused-ring (bicyclic) bond motifs is 2. The van der Waals surface area contributed by atoms with Gasteiger partial charge < -0.3 is 15.7 Å². The van der Waals surface area contributed by atoms with Gasteiger partial charge in [-0.2, -0.15) is 5.21 Å². The molecule has 1 aliphatic rings. The van der Waals surface area contributed by atoms with Gasteiger partial charge in [-0.15, -0.1) is 10.2 Å². The lowest BCUT2D eigenvalue weighted by Gasteiger charge is -2.27. The van der Waals surface area contributed by atoms with Crippen LogP contribution in [0.1, 0.15) is 24.5 Å². The summed E-state index contributed by atoms with van der Waals surface area (Å²) in [6, 6.07) is 17.5. The molecular weight excluding hydrogens is 458 g/mol. The van der Waals surface area contributed by atoms with Crippen molar-refractivity contribution >= 4 is 28.3 Å². The van der Waals surface area contributed by atoms with Crippen LogP contribution in [0.15, 0.2) is 42.5 Å². The second-order valence-electron chi connectivity index (χ2n) is 8.71. The number of carbonyl (C=O) groups excluding carboxylic acids is 2. The van der Waals surface area contributed by atoms with Crippen LogP contribution in [0, 0.1) is 12.1 Å². The predicted molar refractivity (Wildman–Crippen MR) is 133 cm³/mol. The van der Waals surface area contributed by atoms with Gasteiger partial charge in [0, 0.05) is 11.1 Å². The van der Waals surface area contributed by atoms with Crippen molar-refractivity contribution < 1.29 is 14.7 Å². The Morgan fingerprint density at radius 3 is 2.92 bits per heavy atom. The Morgan fingerprint density at radius 1 is 1.28 bits per heavy atom. The number of nitrogens with one attached hydrogen (secondary N) is 3. The largest absolute Gasteiger partial charge is 0.508 e. The third kappa shape index (κ3) is 4.21. The summed E-state index contributed by atoms with van der Waals surface area (Å²) < 4.78 is 0. The molecule has 3 aromatic carbocycles. The van der Waals surface area contributed by atoms with Crippen molar-refractivity contribution in [2.24, 2.45) is 0 Å². The number of aryl methyl sites for hydroxylation is 1. The average Bonchev–Trinajstić information content (AvgIpc) is 3.40. The van der Waals surface area contributed by atoms with Crippen molar-refractivity contribution in [2.75, 3.05) is 11.9 Å². The van der Waals surface area contributed by atoms with E-state index in [1.807, 2.05) is 24.3 Å². The first kappa shape index (κ1) is 23.3. The van der Waals surface area contributed by atoms with Gasteiger partial charge >= 0.3 is 0 Å². The first-order valence-electron chi connectivity index (χ1n) is 11.7. The Hall–Kier alpha value is -4.49. The molecular formula is C26H25N7O3. The van der Waals surface area contributed by atoms with Gasteiger partial charge in [-0.3, -0.25) is 14.5 Å². The van der Waals surface area contributed by atoms with E-state index in [1.165, 1.54) is 0 Å². The van der Waals surface area contributed by atoms with Gasteiger partial charge in [0.2, 0.25) is 17.6 Å². The molecule has 0 saturated heterocycles. The summed E-state index contributed by atoms with van der Waals surface area (Å²) >= 11 is 0. The lowest BCUT2D eigenvalue weighted by Crippen LogP contribution is -2.52. The van der Waals surface area contributed by atoms with Crippen molar-refractivity contribution in [2.45, 2.75) is 38.4 Å². The summed E-state index contributed by atoms with van der Waals surface area (Å²) in [4.78, 5) is 28.0. The fraction of sp³-hybridized carbons (Fsp3) is 0.269. The number of likely N-dealkylation sites (N-methyl/N-ethyl adjacent to an activating group) is 1. The van der Waals surface area contributed by atoms with Gasteiger partial charge in [-0.05, 0) is 78.7 Å². The number of H-pyrrole nitrogens is 1. The topological polar surface area (TPSA) is 136 Å². The van der Waals surface area contributed by atoms with Crippen LogP contribution in [-0.2, 0) is 22.6 Å². The highest BCUT2D eigenvalue weighted by Gasteiger charge is 2.33. The van der Waals surface area contributed by atoms with Crippen molar-refractivity contribution in [3.63, 3.8) is 0 Å². The highest BCUT2D eigenvalue weighted by Crippen LogP contribution is 2.35. The van der Waals surface area contributed by atoms with E-state index in [1.54, 1.807) is 37.1 Å². The monoisotopic (exact) mass is 483 g/mol. The van der Waals surface area contributed by atoms with Crippen molar-refractivity contribution in [3.05, 3.63) is 65.7 Å². The van der Waals surface area contributed by atoms with E-state index in [0.717, 1.165) is 21.9 Å². The van der Waals surface area contributed by atoms with Crippen molar-refractivity contribution in [1.29, 1.82) is 0 Å². The quantitative estimate of drug-likeness (QED) is 0.329. The molecule has 4 aromatic rings. The number of aromatic hydroxyl groups is 1. The summed E-state index contributed by atoms with van der Waals surface area (Å²) in [5.74, 6) is -0.0458. The zero-order valence-electron chi connectivity index (χ0n) is 19.9. The fourth-order valence-corrected chi connectivity index (χ4v) is 4.50. The molecule has 0 radical (unpaired) electrons. The van der Waals surface area contributed by atoms with Crippen molar-refractivity contribution in [3.8, 4) is 17.1 Å². The maximum atomic E-state index is 13.8. The zero-order valence-corrected chi connectivity index (χ0v) is 19.9. The molecule has 5 rings (SSSR count). The molecule has 0 fully saturated rings. The molecule has 0 saturated carbocycles. The third-order valence-electron chi connectivity index (χ3n) is 6.59. The van der Waals surface area contributed by atoms with Gasteiger partial charge in [0.15, 0.2) is 0 Å². The number of tetrazole rings is 1. The molecule has 10 nitrogen and oxygen atoms in total. The first-order valence-corrected chi connectivity index (χ1v) is 11.7. The number of hydrogen-bond donors (Lipinski definition) is 4. The Labute approximate surface area is 207 Å². The summed E-state index contributed by atoms with van der Waals surface area (Å²) in [5, 5.41) is 32.5. The highest BCUT2D eigenvalue weighted by molar-refractivity contribution is 6.02. The number of amides is 2. The van der Waals surface area contributed by atoms with E-state index in [9.17, 15) is 14.7 Å². The van der Waals surface area contributed by atoms with E-state index >= 15 is 0 Å². The van der Waals surface area contributed by atoms with E-state index in [2.05, 4.69) is 43.4 Å². The Bertz CT molecular complexity index is 1420. The molecule has 2 amide bonds. The van der Waals surface area contributed by atoms with Gasteiger partial charge in [0.1, 0.15) is 11.8 Å². The van der Waals surface area contributed by atoms with Crippen LogP contribution in [0.5, 0.6) is 5.75 Å². The second kappa shape index (κ2) is 9.64. The lowest BCUT2D eigenvalue weighted by molar-refractivity contribution is -0.128. The number of nitrogens with zero attached hydrogens (tertiary/aromatic N) is 4. The minimum Gasteiger partial charge on any atom is -0.508 e. The number of benzene rings is 2. The zero-order chi connectivity index (χ0) is 25.2. The van der Waals surface area contributed by atoms with Gasteiger partial charge in [0.25, 0.3) is 0 Å². The molecule has 4 N–H and O–H groups in total. The predicted octanol–water partition coefficient (Wildman–Crippen LogP) is 1.90. The molecule has 1 aromatic heterocycles. The second-order valence-corrected chi connectivity index (χ2v) is 8.71. The number of phenolic OH excluding ortho intramolecular Hbond substituents is 1. The molecule has 0 unspecified atom stereocenters. The minimum absolute atomic E-state index is 0.0515. The Morgan fingerprint density at radius 2 is 2.14 bits per heavy atom. The average molecular weight is 484 g/mol. The molecule has 36 heavy (non-hydrogen) atoms. The number of carbonyl (C=O) groups is 2. The minimum atomic E-state index is -0.721. The molecule has 1 aliphatic heterocycles. The normalized spacial score (nSPS) is 16.2. The number of phenols is 1. The fourth-order valence-electron chi connectivity index (χ4n) is 4.50. The van der Waals surface area contributed by atoms with Gasteiger partial charge in [-0.1, -0.05) is 24.3 Å². The van der Waals surface area contributed by atoms with Crippen LogP contribution in [0.4, 0.5) is 5.69 Å². The SMILES string of the molecule is CN[C@@H](C)C(=O)N[C@H]1CCc2ccc#cc2N(Cc2c(O)ccc3c(-c4nn[nH]n4)cccc23)C1=O. The number of anilines is 1. The Balaban J connectivity index is 1.58. The number of hydrogen-bond acceptors (Lipinski definition) is 7. The van der Waals surface area contributed by atoms with E-state index in [-0.39, 0.29) is 24.1 Å². The smallest absolute Gasteiger partial charge is 0.250 e. The maximum absolute atomic E-state index is 13.8. The summed E-state index contributed by atoms with van der Waals surface area (Å²) in [7, 11) is 1.69. The number of rotatable bonds is 6. The molecule has 0 bridgehead atoms. The van der Waals surface area contributed by atoms with Crippen LogP contribution >= 0.6 is 0 Å². The number of aromatic nitrogens is 4. The number of aromatic amines is 1. The van der Waals surface area contributed by atoms with Crippen LogP contribution in [0.3, 0.4) is 0 Å². The highest BCUT2D eigenvalue weighted by atomic mass is 16.3. The van der Waals surface area contributed by atoms with Gasteiger partial charge in [-0.25, -0.2) is 0 Å². The van der Waals surface area contributed by atoms with Crippen LogP contribution < -0.4 is 15.5 Å². The third-order valence-corrected chi connectivity index (χ3v) is 6.59. The summed E-state index contributed by atoms with van der Waals surface area (Å²) in [6.45, 7) is 1.81. The Kier molecular flexibility index (Phi) is 6.23. The van der Waals surface area contributed by atoms with Crippen LogP contribution in [0.2, 0.25) is 0 Å². The van der Waals surface area contributed by atoms with E-state index < -0.39 is 12.1 Å². The molecule has 10 heteroatoms. The van der Waals surface area contributed by atoms with Gasteiger partial charge in [0.05, 0.1) is 18.3 Å². The van der Waals surface area contributed by atoms with Crippen LogP contribution in [-0.4, -0.2) is 56.7 Å². The maximum Gasteiger partial charge on any atom is 0.250 e. The molecule has 0 spiro atoms. The standard InChI is InChI=1S/C26H25N7O3/c1-15(27-2)25(35)28-21-12-10-16-6-3-4-9-22(16)33(26(21)36)14-20-17-7-5-8-19(24-29-31-32-30-24)18(17)11-13-23(20)34/h3,5-8,11,13,15,21,27,34H,10,12,14H2,1-2H3,(H,28,35)(H,29,30,31,32)/t15-,21-/m0/s1. The van der Waals surface area contributed by atoms with E-state index in [0.29, 0.717) is 29.9 Å².